The van der Waals surface area contributed by atoms with Crippen LogP contribution in [0.2, 0.25) is 0 Å². The van der Waals surface area contributed by atoms with Crippen LogP contribution in [0.15, 0.2) is 35.3 Å². The summed E-state index contributed by atoms with van der Waals surface area (Å²) in [5.74, 6) is 1.35. The number of nitrogens with one attached hydrogen (secondary N) is 2. The summed E-state index contributed by atoms with van der Waals surface area (Å²) in [7, 11) is 1.81. The lowest BCUT2D eigenvalue weighted by Gasteiger charge is -2.18. The second kappa shape index (κ2) is 11.0. The van der Waals surface area contributed by atoms with Gasteiger partial charge in [-0.25, -0.2) is 0 Å². The fourth-order valence-corrected chi connectivity index (χ4v) is 2.84. The fourth-order valence-electron chi connectivity index (χ4n) is 2.84. The Morgan fingerprint density at radius 3 is 2.83 bits per heavy atom. The summed E-state index contributed by atoms with van der Waals surface area (Å²) in [6, 6.07) is 10.6. The second-order valence-electron chi connectivity index (χ2n) is 6.11. The lowest BCUT2D eigenvalue weighted by molar-refractivity contribution is 0.0420. The van der Waals surface area contributed by atoms with Gasteiger partial charge in [0.2, 0.25) is 0 Å². The highest BCUT2D eigenvalue weighted by Crippen LogP contribution is 2.17. The molecule has 2 N–H and O–H groups in total. The van der Waals surface area contributed by atoms with Crippen molar-refractivity contribution in [1.29, 1.82) is 0 Å². The van der Waals surface area contributed by atoms with Crippen LogP contribution in [-0.2, 0) is 9.47 Å². The summed E-state index contributed by atoms with van der Waals surface area (Å²) in [6.45, 7) is 6.30. The zero-order valence-electron chi connectivity index (χ0n) is 15.0. The smallest absolute Gasteiger partial charge is 0.190 e. The van der Waals surface area contributed by atoms with Gasteiger partial charge >= 0.3 is 0 Å². The van der Waals surface area contributed by atoms with E-state index in [1.54, 1.807) is 0 Å². The Morgan fingerprint density at radius 1 is 1.33 bits per heavy atom. The van der Waals surface area contributed by atoms with Gasteiger partial charge in [-0.2, -0.15) is 0 Å². The van der Waals surface area contributed by atoms with Crippen molar-refractivity contribution in [3.8, 4) is 0 Å². The molecule has 1 aliphatic heterocycles. The van der Waals surface area contributed by atoms with Crippen LogP contribution in [-0.4, -0.2) is 52.0 Å². The third-order valence-electron chi connectivity index (χ3n) is 4.36. The maximum atomic E-state index is 5.77. The van der Waals surface area contributed by atoms with Crippen molar-refractivity contribution in [3.63, 3.8) is 0 Å². The molecule has 0 aromatic heterocycles. The number of nitrogens with zero attached hydrogens (tertiary/aromatic N) is 1. The Morgan fingerprint density at radius 2 is 2.17 bits per heavy atom. The van der Waals surface area contributed by atoms with Crippen molar-refractivity contribution in [1.82, 2.24) is 10.6 Å². The largest absolute Gasteiger partial charge is 0.379 e. The molecule has 0 radical (unpaired) electrons. The van der Waals surface area contributed by atoms with Crippen molar-refractivity contribution >= 4 is 5.96 Å². The summed E-state index contributed by atoms with van der Waals surface area (Å²) in [5, 5.41) is 6.78. The van der Waals surface area contributed by atoms with E-state index in [2.05, 4.69) is 52.9 Å². The molecule has 2 rings (SSSR count). The highest BCUT2D eigenvalue weighted by Gasteiger charge is 2.15. The molecule has 2 atom stereocenters. The average Bonchev–Trinajstić information content (AvgIpc) is 3.14. The first-order valence-corrected chi connectivity index (χ1v) is 9.02. The third-order valence-corrected chi connectivity index (χ3v) is 4.36. The van der Waals surface area contributed by atoms with E-state index in [1.165, 1.54) is 5.56 Å². The Hall–Kier alpha value is -1.59. The maximum absolute atomic E-state index is 5.77. The molecule has 1 heterocycles. The Labute approximate surface area is 145 Å². The topological polar surface area (TPSA) is 54.9 Å². The molecule has 5 nitrogen and oxygen atoms in total. The van der Waals surface area contributed by atoms with Crippen LogP contribution in [0.25, 0.3) is 0 Å². The number of ether oxygens (including phenoxy) is 2. The van der Waals surface area contributed by atoms with Gasteiger partial charge in [-0.15, -0.1) is 0 Å². The van der Waals surface area contributed by atoms with Crippen molar-refractivity contribution in [2.75, 3.05) is 40.0 Å². The van der Waals surface area contributed by atoms with E-state index in [9.17, 15) is 0 Å². The molecule has 1 saturated heterocycles. The van der Waals surface area contributed by atoms with Crippen LogP contribution >= 0.6 is 0 Å². The minimum Gasteiger partial charge on any atom is -0.379 e. The number of rotatable bonds is 9. The van der Waals surface area contributed by atoms with Crippen molar-refractivity contribution < 1.29 is 9.47 Å². The van der Waals surface area contributed by atoms with Crippen molar-refractivity contribution in [2.24, 2.45) is 4.99 Å². The van der Waals surface area contributed by atoms with Crippen molar-refractivity contribution in [3.05, 3.63) is 35.9 Å². The predicted molar refractivity (Wildman–Crippen MR) is 98.6 cm³/mol. The van der Waals surface area contributed by atoms with Crippen LogP contribution in [0.5, 0.6) is 0 Å². The highest BCUT2D eigenvalue weighted by molar-refractivity contribution is 5.79. The quantitative estimate of drug-likeness (QED) is 0.414. The van der Waals surface area contributed by atoms with E-state index in [4.69, 9.17) is 9.47 Å². The SMILES string of the molecule is CCC(CNC(=NC)NCCCOC1CCOC1)c1ccccc1. The lowest BCUT2D eigenvalue weighted by atomic mass is 9.97. The van der Waals surface area contributed by atoms with Gasteiger partial charge < -0.3 is 20.1 Å². The molecule has 0 spiro atoms. The van der Waals surface area contributed by atoms with Crippen LogP contribution < -0.4 is 10.6 Å². The molecule has 1 aromatic rings. The second-order valence-corrected chi connectivity index (χ2v) is 6.11. The molecule has 5 heteroatoms. The molecule has 0 amide bonds. The molecule has 24 heavy (non-hydrogen) atoms. The molecular weight excluding hydrogens is 302 g/mol. The normalized spacial score (nSPS) is 19.2. The minimum absolute atomic E-state index is 0.290. The fraction of sp³-hybridized carbons (Fsp3) is 0.632. The first kappa shape index (κ1) is 18.7. The van der Waals surface area contributed by atoms with E-state index in [1.807, 2.05) is 7.05 Å². The molecule has 1 aliphatic rings. The highest BCUT2D eigenvalue weighted by atomic mass is 16.5. The van der Waals surface area contributed by atoms with Gasteiger partial charge in [0, 0.05) is 39.3 Å². The zero-order valence-corrected chi connectivity index (χ0v) is 15.0. The summed E-state index contributed by atoms with van der Waals surface area (Å²) >= 11 is 0. The van der Waals surface area contributed by atoms with Gasteiger partial charge in [0.15, 0.2) is 5.96 Å². The van der Waals surface area contributed by atoms with E-state index in [0.29, 0.717) is 12.0 Å². The molecule has 134 valence electrons. The molecule has 2 unspecified atom stereocenters. The summed E-state index contributed by atoms with van der Waals surface area (Å²) < 4.78 is 11.1. The summed E-state index contributed by atoms with van der Waals surface area (Å²) in [6.07, 6.45) is 3.38. The number of guanidine groups is 1. The Balaban J connectivity index is 1.62. The van der Waals surface area contributed by atoms with Crippen LogP contribution in [0.1, 0.15) is 37.7 Å². The summed E-state index contributed by atoms with van der Waals surface area (Å²) in [4.78, 5) is 4.30. The Bertz CT molecular complexity index is 473. The molecule has 0 saturated carbocycles. The van der Waals surface area contributed by atoms with E-state index in [0.717, 1.165) is 58.1 Å². The van der Waals surface area contributed by atoms with E-state index >= 15 is 0 Å². The molecule has 0 bridgehead atoms. The number of hydrogen-bond acceptors (Lipinski definition) is 3. The standard InChI is InChI=1S/C19H31N3O2/c1-3-16(17-8-5-4-6-9-17)14-22-19(20-2)21-11-7-12-24-18-10-13-23-15-18/h4-6,8-9,16,18H,3,7,10-15H2,1-2H3,(H2,20,21,22). The number of benzene rings is 1. The third kappa shape index (κ3) is 6.49. The van der Waals surface area contributed by atoms with Gasteiger partial charge in [-0.1, -0.05) is 37.3 Å². The van der Waals surface area contributed by atoms with Gasteiger partial charge in [0.25, 0.3) is 0 Å². The number of aliphatic imine (C=N–C) groups is 1. The summed E-state index contributed by atoms with van der Waals surface area (Å²) in [5.41, 5.74) is 1.37. The average molecular weight is 333 g/mol. The predicted octanol–water partition coefficient (Wildman–Crippen LogP) is 2.54. The van der Waals surface area contributed by atoms with Crippen LogP contribution in [0, 0.1) is 0 Å². The van der Waals surface area contributed by atoms with E-state index in [-0.39, 0.29) is 0 Å². The van der Waals surface area contributed by atoms with Crippen molar-refractivity contribution in [2.45, 2.75) is 38.2 Å². The van der Waals surface area contributed by atoms with Gasteiger partial charge in [-0.3, -0.25) is 4.99 Å². The van der Waals surface area contributed by atoms with Gasteiger partial charge in [0.05, 0.1) is 12.7 Å². The minimum atomic E-state index is 0.290. The van der Waals surface area contributed by atoms with E-state index < -0.39 is 0 Å². The lowest BCUT2D eigenvalue weighted by Crippen LogP contribution is -2.40. The number of hydrogen-bond donors (Lipinski definition) is 2. The van der Waals surface area contributed by atoms with Crippen LogP contribution in [0.4, 0.5) is 0 Å². The maximum Gasteiger partial charge on any atom is 0.190 e. The zero-order chi connectivity index (χ0) is 17.0. The van der Waals surface area contributed by atoms with Crippen LogP contribution in [0.3, 0.4) is 0 Å². The molecule has 1 aromatic carbocycles. The first-order valence-electron chi connectivity index (χ1n) is 9.02. The Kier molecular flexibility index (Phi) is 8.63. The molecular formula is C19H31N3O2. The monoisotopic (exact) mass is 333 g/mol. The van der Waals surface area contributed by atoms with Gasteiger partial charge in [-0.05, 0) is 24.8 Å². The molecule has 1 fully saturated rings. The molecule has 0 aliphatic carbocycles. The first-order chi connectivity index (χ1) is 11.8. The van der Waals surface area contributed by atoms with Gasteiger partial charge in [0.1, 0.15) is 0 Å².